The van der Waals surface area contributed by atoms with Crippen molar-refractivity contribution in [2.24, 2.45) is 4.99 Å². The molecule has 0 unspecified atom stereocenters. The minimum absolute atomic E-state index is 0.0185. The maximum Gasteiger partial charge on any atom is 0.331 e. The Morgan fingerprint density at radius 1 is 0.576 bits per heavy atom. The van der Waals surface area contributed by atoms with Crippen LogP contribution in [-0.2, 0) is 61.9 Å². The highest BCUT2D eigenvalue weighted by molar-refractivity contribution is 9.08. The van der Waals surface area contributed by atoms with Crippen LogP contribution in [0.4, 0.5) is 0 Å². The molecule has 17 heteroatoms. The number of halogens is 2. The Morgan fingerprint density at radius 3 is 1.14 bits per heavy atom. The summed E-state index contributed by atoms with van der Waals surface area (Å²) in [6.07, 6.45) is 1.60. The highest BCUT2D eigenvalue weighted by Gasteiger charge is 2.15. The molecule has 4 aromatic carbocycles. The number of hydrogen-bond donors (Lipinski definition) is 4. The van der Waals surface area contributed by atoms with Crippen LogP contribution in [0.15, 0.2) is 102 Å². The molecular weight excluding hydrogens is 982 g/mol. The average molecular weight is 1040 g/mol. The molecule has 1 aliphatic heterocycles. The summed E-state index contributed by atoms with van der Waals surface area (Å²) in [5.74, 6) is -1.85. The van der Waals surface area contributed by atoms with Gasteiger partial charge in [-0.15, -0.1) is 0 Å². The predicted molar refractivity (Wildman–Crippen MR) is 260 cm³/mol. The molecule has 1 aliphatic rings. The minimum atomic E-state index is -1.19. The summed E-state index contributed by atoms with van der Waals surface area (Å²) in [6, 6.07) is 32.9. The number of aliphatic carboxylic acids is 1. The molecule has 4 N–H and O–H groups in total. The van der Waals surface area contributed by atoms with Gasteiger partial charge in [0.05, 0.1) is 19.6 Å². The van der Waals surface area contributed by atoms with Crippen LogP contribution in [-0.4, -0.2) is 125 Å². The molecule has 0 radical (unpaired) electrons. The summed E-state index contributed by atoms with van der Waals surface area (Å²) >= 11 is 6.90. The molecule has 1 heterocycles. The number of aliphatic hydroxyl groups excluding tert-OH is 3. The largest absolute Gasteiger partial charge is 0.480 e. The van der Waals surface area contributed by atoms with Gasteiger partial charge in [-0.3, -0.25) is 14.6 Å². The average Bonchev–Trinajstić information content (AvgIpc) is 3.91. The molecule has 66 heavy (non-hydrogen) atoms. The van der Waals surface area contributed by atoms with Crippen LogP contribution >= 0.6 is 31.9 Å². The number of rotatable bonds is 20. The van der Waals surface area contributed by atoms with E-state index in [4.69, 9.17) is 39.4 Å². The van der Waals surface area contributed by atoms with Crippen molar-refractivity contribution in [3.63, 3.8) is 0 Å². The highest BCUT2D eigenvalue weighted by Crippen LogP contribution is 2.23. The Bertz CT molecular complexity index is 1950. The summed E-state index contributed by atoms with van der Waals surface area (Å²) in [4.78, 5) is 63.3. The van der Waals surface area contributed by atoms with Gasteiger partial charge in [0, 0.05) is 43.0 Å². The second kappa shape index (κ2) is 33.1. The normalized spacial score (nSPS) is 11.1. The molecule has 15 nitrogen and oxygen atoms in total. The summed E-state index contributed by atoms with van der Waals surface area (Å²) in [5, 5.41) is 34.4. The molecule has 0 saturated heterocycles. The summed E-state index contributed by atoms with van der Waals surface area (Å²) in [7, 11) is 0. The number of aliphatic imine (C=N–C) groups is 1. The van der Waals surface area contributed by atoms with E-state index in [9.17, 15) is 19.2 Å². The maximum atomic E-state index is 12.3. The van der Waals surface area contributed by atoms with Crippen LogP contribution in [0, 0.1) is 0 Å². The molecule has 0 spiro atoms. The highest BCUT2D eigenvalue weighted by atomic mass is 79.9. The first kappa shape index (κ1) is 56.7. The Hall–Kier alpha value is -5.46. The minimum Gasteiger partial charge on any atom is -0.480 e. The number of amides is 2. The molecule has 0 fully saturated rings. The van der Waals surface area contributed by atoms with Gasteiger partial charge in [0.2, 0.25) is 11.8 Å². The third-order valence-corrected chi connectivity index (χ3v) is 10.7. The van der Waals surface area contributed by atoms with E-state index in [-0.39, 0.29) is 38.1 Å². The van der Waals surface area contributed by atoms with Crippen LogP contribution in [0.25, 0.3) is 22.3 Å². The maximum absolute atomic E-state index is 12.3. The van der Waals surface area contributed by atoms with Crippen LogP contribution in [0.5, 0.6) is 0 Å². The Morgan fingerprint density at radius 2 is 0.909 bits per heavy atom. The lowest BCUT2D eigenvalue weighted by molar-refractivity contribution is -0.149. The van der Waals surface area contributed by atoms with Crippen LogP contribution < -0.4 is 0 Å². The molecule has 4 aromatic rings. The van der Waals surface area contributed by atoms with Crippen molar-refractivity contribution in [2.75, 3.05) is 59.3 Å². The number of hydrogen-bond acceptors (Lipinski definition) is 12. The van der Waals surface area contributed by atoms with Crippen molar-refractivity contribution in [3.8, 4) is 22.3 Å². The van der Waals surface area contributed by atoms with E-state index in [0.717, 1.165) is 58.4 Å². The lowest BCUT2D eigenvalue weighted by Gasteiger charge is -2.22. The van der Waals surface area contributed by atoms with Crippen molar-refractivity contribution in [1.29, 1.82) is 0 Å². The van der Waals surface area contributed by atoms with E-state index in [1.165, 1.54) is 22.3 Å². The fraction of sp³-hybridized carbons (Fsp3) is 0.388. The number of alkyl halides is 2. The zero-order valence-corrected chi connectivity index (χ0v) is 40.9. The van der Waals surface area contributed by atoms with E-state index >= 15 is 0 Å². The van der Waals surface area contributed by atoms with Gasteiger partial charge in [0.15, 0.2) is 5.90 Å². The predicted octanol–water partition coefficient (Wildman–Crippen LogP) is 6.93. The number of carbonyl (C=O) groups is 5. The summed E-state index contributed by atoms with van der Waals surface area (Å²) < 4.78 is 14.8. The van der Waals surface area contributed by atoms with Gasteiger partial charge in [-0.25, -0.2) is 14.4 Å². The quantitative estimate of drug-likeness (QED) is 0.0524. The van der Waals surface area contributed by atoms with Gasteiger partial charge in [-0.05, 0) is 44.5 Å². The SMILES string of the molecule is BrCc1ccc(-c2ccc(CBr)cc2)cc1.CCC(=O)N(CCOC(=O)CO)Cc1ccc(-c2ccc(CN(CCOC(=O)CO)C(=O)CC)cc2)cc1.CCC1=NCCO1.O=C(O)CO. The molecule has 358 valence electrons. The van der Waals surface area contributed by atoms with Crippen LogP contribution in [0.1, 0.15) is 62.3 Å². The topological polar surface area (TPSA) is 213 Å². The third kappa shape index (κ3) is 22.2. The van der Waals surface area contributed by atoms with E-state index in [0.29, 0.717) is 25.9 Å². The molecule has 0 saturated carbocycles. The molecular formula is C49H61Br2N3O12. The first-order valence-electron chi connectivity index (χ1n) is 21.4. The standard InChI is InChI=1S/C28H36N2O8.C14H12Br2.C5H9NO.C2H4O3/c1-3-25(33)29(13-15-37-27(35)19-31)17-21-5-9-23(10-6-21)24-11-7-22(8-12-24)18-30(26(34)4-2)14-16-38-28(36)20-32;15-9-11-1-5-13(6-2-11)14-7-3-12(10-16)4-8-14;1-2-5-6-3-4-7-5;3-1-2(4)5/h5-12,31-32H,3-4,13-20H2,1-2H3;1-8H,9-10H2;2-4H2,1H3;3H,1H2,(H,4,5). The monoisotopic (exact) mass is 1040 g/mol. The fourth-order valence-corrected chi connectivity index (χ4v) is 6.62. The van der Waals surface area contributed by atoms with Gasteiger partial charge in [-0.1, -0.05) is 150 Å². The van der Waals surface area contributed by atoms with E-state index in [1.54, 1.807) is 23.6 Å². The smallest absolute Gasteiger partial charge is 0.331 e. The Balaban J connectivity index is 0.000000428. The summed E-state index contributed by atoms with van der Waals surface area (Å²) in [6.45, 7) is 6.34. The van der Waals surface area contributed by atoms with Crippen LogP contribution in [0.3, 0.4) is 0 Å². The van der Waals surface area contributed by atoms with Crippen molar-refractivity contribution in [1.82, 2.24) is 9.80 Å². The zero-order chi connectivity index (χ0) is 48.7. The Labute approximate surface area is 403 Å². The molecule has 5 rings (SSSR count). The fourth-order valence-electron chi connectivity index (χ4n) is 5.87. The number of carboxylic acids is 1. The molecule has 2 amide bonds. The number of ether oxygens (including phenoxy) is 3. The second-order valence-corrected chi connectivity index (χ2v) is 15.3. The number of benzene rings is 4. The van der Waals surface area contributed by atoms with Gasteiger partial charge < -0.3 is 44.4 Å². The van der Waals surface area contributed by atoms with Gasteiger partial charge in [0.1, 0.15) is 39.6 Å². The Kier molecular flexibility index (Phi) is 28.4. The van der Waals surface area contributed by atoms with E-state index in [1.807, 2.05) is 55.5 Å². The first-order valence-corrected chi connectivity index (χ1v) is 23.6. The van der Waals surface area contributed by atoms with E-state index in [2.05, 4.69) is 85.4 Å². The lowest BCUT2D eigenvalue weighted by atomic mass is 10.0. The van der Waals surface area contributed by atoms with Crippen molar-refractivity contribution in [2.45, 2.75) is 63.8 Å². The number of nitrogens with zero attached hydrogens (tertiary/aromatic N) is 3. The number of carbonyl (C=O) groups excluding carboxylic acids is 4. The van der Waals surface area contributed by atoms with Gasteiger partial charge in [0.25, 0.3) is 0 Å². The molecule has 0 aromatic heterocycles. The van der Waals surface area contributed by atoms with Crippen molar-refractivity contribution < 1.29 is 58.6 Å². The van der Waals surface area contributed by atoms with Gasteiger partial charge in [-0.2, -0.15) is 0 Å². The van der Waals surface area contributed by atoms with Crippen molar-refractivity contribution >= 4 is 67.5 Å². The lowest BCUT2D eigenvalue weighted by Crippen LogP contribution is -2.33. The third-order valence-electron chi connectivity index (χ3n) is 9.44. The molecule has 0 atom stereocenters. The van der Waals surface area contributed by atoms with Crippen molar-refractivity contribution in [3.05, 3.63) is 119 Å². The number of esters is 2. The first-order chi connectivity index (χ1) is 31.8. The molecule has 0 bridgehead atoms. The van der Waals surface area contributed by atoms with E-state index < -0.39 is 37.7 Å². The summed E-state index contributed by atoms with van der Waals surface area (Å²) in [5.41, 5.74) is 8.98. The molecule has 0 aliphatic carbocycles. The number of aliphatic hydroxyl groups is 3. The number of carboxylic acid groups (broad SMARTS) is 1. The zero-order valence-electron chi connectivity index (χ0n) is 37.7. The van der Waals surface area contributed by atoms with Crippen LogP contribution in [0.2, 0.25) is 0 Å². The second-order valence-electron chi connectivity index (χ2n) is 14.2. The van der Waals surface area contributed by atoms with Gasteiger partial charge >= 0.3 is 17.9 Å².